The molecule has 6 heteroatoms. The lowest BCUT2D eigenvalue weighted by molar-refractivity contribution is 0.0139. The summed E-state index contributed by atoms with van der Waals surface area (Å²) in [5.74, 6) is -2.51. The van der Waals surface area contributed by atoms with Gasteiger partial charge in [-0.25, -0.2) is 13.6 Å². The van der Waals surface area contributed by atoms with Gasteiger partial charge in [0.05, 0.1) is 19.8 Å². The molecule has 0 amide bonds. The number of hydrogen-bond donors (Lipinski definition) is 0. The molecule has 0 aromatic heterocycles. The molecule has 0 spiro atoms. The number of alkyl halides is 2. The molecule has 0 saturated heterocycles. The van der Waals surface area contributed by atoms with Crippen LogP contribution in [0.4, 0.5) is 8.78 Å². The van der Waals surface area contributed by atoms with Gasteiger partial charge >= 0.3 is 0 Å². The van der Waals surface area contributed by atoms with Gasteiger partial charge in [-0.2, -0.15) is 4.99 Å². The van der Waals surface area contributed by atoms with Crippen LogP contribution in [0.15, 0.2) is 17.1 Å². The van der Waals surface area contributed by atoms with Gasteiger partial charge in [-0.15, -0.1) is 0 Å². The minimum atomic E-state index is -3.07. The summed E-state index contributed by atoms with van der Waals surface area (Å²) in [4.78, 5) is 14.5. The second kappa shape index (κ2) is 5.45. The molecular weight excluding hydrogens is 280 g/mol. The summed E-state index contributed by atoms with van der Waals surface area (Å²) in [6, 6.07) is 2.75. The maximum Gasteiger partial charge on any atom is 0.271 e. The fourth-order valence-electron chi connectivity index (χ4n) is 2.67. The van der Waals surface area contributed by atoms with Crippen molar-refractivity contribution in [2.75, 3.05) is 14.2 Å². The van der Waals surface area contributed by atoms with Gasteiger partial charge in [0.25, 0.3) is 5.92 Å². The molecule has 0 radical (unpaired) electrons. The molecule has 4 nitrogen and oxygen atoms in total. The number of methoxy groups -OCH3 is 2. The quantitative estimate of drug-likeness (QED) is 0.617. The van der Waals surface area contributed by atoms with E-state index in [0.717, 1.165) is 13.3 Å². The Bertz CT molecular complexity index is 585. The van der Waals surface area contributed by atoms with Crippen LogP contribution in [0, 0.1) is 0 Å². The Kier molecular flexibility index (Phi) is 4.01. The average Bonchev–Trinajstić information content (AvgIpc) is 2.40. The van der Waals surface area contributed by atoms with Crippen molar-refractivity contribution in [1.29, 1.82) is 0 Å². The van der Waals surface area contributed by atoms with E-state index in [9.17, 15) is 13.6 Å². The topological polar surface area (TPSA) is 47.9 Å². The van der Waals surface area contributed by atoms with Crippen molar-refractivity contribution in [3.8, 4) is 11.5 Å². The summed E-state index contributed by atoms with van der Waals surface area (Å²) in [5, 5.41) is 0. The number of halogens is 2. The minimum Gasteiger partial charge on any atom is -0.493 e. The van der Waals surface area contributed by atoms with Crippen LogP contribution in [0.25, 0.3) is 0 Å². The van der Waals surface area contributed by atoms with Gasteiger partial charge in [-0.3, -0.25) is 0 Å². The summed E-state index contributed by atoms with van der Waals surface area (Å²) < 4.78 is 38.2. The van der Waals surface area contributed by atoms with Crippen LogP contribution in [0.1, 0.15) is 37.3 Å². The Balaban J connectivity index is 2.70. The van der Waals surface area contributed by atoms with Gasteiger partial charge in [0.1, 0.15) is 0 Å². The van der Waals surface area contributed by atoms with Crippen LogP contribution in [0.2, 0.25) is 0 Å². The Hall–Kier alpha value is -1.94. The normalized spacial score (nSPS) is 16.6. The molecule has 1 fully saturated rings. The first-order valence-electron chi connectivity index (χ1n) is 6.62. The first-order chi connectivity index (χ1) is 9.88. The number of isocyanates is 1. The second-order valence-electron chi connectivity index (χ2n) is 5.23. The average molecular weight is 297 g/mol. The maximum atomic E-state index is 14.0. The molecule has 2 rings (SSSR count). The van der Waals surface area contributed by atoms with E-state index in [-0.39, 0.29) is 11.3 Å². The molecule has 0 bridgehead atoms. The van der Waals surface area contributed by atoms with E-state index in [1.165, 1.54) is 32.4 Å². The first-order valence-corrected chi connectivity index (χ1v) is 6.62. The number of ether oxygens (including phenoxy) is 2. The Morgan fingerprint density at radius 1 is 1.24 bits per heavy atom. The number of aliphatic imine (C=N–C) groups is 1. The van der Waals surface area contributed by atoms with Crippen LogP contribution in [0.3, 0.4) is 0 Å². The van der Waals surface area contributed by atoms with Gasteiger partial charge in [-0.1, -0.05) is 0 Å². The fraction of sp³-hybridized carbons (Fsp3) is 0.533. The smallest absolute Gasteiger partial charge is 0.271 e. The zero-order valence-electron chi connectivity index (χ0n) is 12.2. The summed E-state index contributed by atoms with van der Waals surface area (Å²) >= 11 is 0. The SMILES string of the molecule is COc1cc(C(C)(F)F)c(C2(N=C=O)CCC2)cc1OC. The van der Waals surface area contributed by atoms with Crippen molar-refractivity contribution in [2.45, 2.75) is 37.6 Å². The lowest BCUT2D eigenvalue weighted by Gasteiger charge is -2.39. The molecular formula is C15H17F2NO3. The third kappa shape index (κ3) is 2.63. The third-order valence-corrected chi connectivity index (χ3v) is 3.94. The highest BCUT2D eigenvalue weighted by atomic mass is 19.3. The van der Waals surface area contributed by atoms with Gasteiger partial charge < -0.3 is 9.47 Å². The predicted molar refractivity (Wildman–Crippen MR) is 72.8 cm³/mol. The molecule has 1 aromatic carbocycles. The number of benzene rings is 1. The molecule has 0 heterocycles. The van der Waals surface area contributed by atoms with Gasteiger partial charge in [0.2, 0.25) is 6.08 Å². The number of nitrogens with zero attached hydrogens (tertiary/aromatic N) is 1. The zero-order chi connectivity index (χ0) is 15.7. The zero-order valence-corrected chi connectivity index (χ0v) is 12.2. The molecule has 0 atom stereocenters. The predicted octanol–water partition coefficient (Wildman–Crippen LogP) is 3.53. The summed E-state index contributed by atoms with van der Waals surface area (Å²) in [5.41, 5.74) is -0.808. The molecule has 0 N–H and O–H groups in total. The summed E-state index contributed by atoms with van der Waals surface area (Å²) in [7, 11) is 2.82. The van der Waals surface area contributed by atoms with Crippen LogP contribution < -0.4 is 9.47 Å². The molecule has 0 unspecified atom stereocenters. The lowest BCUT2D eigenvalue weighted by atomic mass is 9.70. The van der Waals surface area contributed by atoms with E-state index >= 15 is 0 Å². The highest BCUT2D eigenvalue weighted by molar-refractivity contribution is 5.53. The highest BCUT2D eigenvalue weighted by Crippen LogP contribution is 2.51. The molecule has 1 aliphatic rings. The van der Waals surface area contributed by atoms with Gasteiger partial charge in [-0.05, 0) is 37.0 Å². The van der Waals surface area contributed by atoms with Crippen LogP contribution in [-0.2, 0) is 16.3 Å². The van der Waals surface area contributed by atoms with E-state index in [2.05, 4.69) is 4.99 Å². The molecule has 0 aliphatic heterocycles. The van der Waals surface area contributed by atoms with Crippen molar-refractivity contribution < 1.29 is 23.0 Å². The van der Waals surface area contributed by atoms with Crippen LogP contribution in [0.5, 0.6) is 11.5 Å². The minimum absolute atomic E-state index is 0.196. The van der Waals surface area contributed by atoms with E-state index in [1.807, 2.05) is 0 Å². The maximum absolute atomic E-state index is 14.0. The van der Waals surface area contributed by atoms with Crippen LogP contribution in [-0.4, -0.2) is 20.3 Å². The first kappa shape index (κ1) is 15.4. The van der Waals surface area contributed by atoms with Crippen molar-refractivity contribution in [3.05, 3.63) is 23.3 Å². The Morgan fingerprint density at radius 2 is 1.81 bits per heavy atom. The number of carbonyl (C=O) groups excluding carboxylic acids is 1. The molecule has 1 saturated carbocycles. The lowest BCUT2D eigenvalue weighted by Crippen LogP contribution is -2.34. The summed E-state index contributed by atoms with van der Waals surface area (Å²) in [6.07, 6.45) is 3.42. The third-order valence-electron chi connectivity index (χ3n) is 3.94. The monoisotopic (exact) mass is 297 g/mol. The Morgan fingerprint density at radius 3 is 2.19 bits per heavy atom. The van der Waals surface area contributed by atoms with Crippen LogP contribution >= 0.6 is 0 Å². The largest absolute Gasteiger partial charge is 0.493 e. The molecule has 1 aliphatic carbocycles. The van der Waals surface area contributed by atoms with Crippen molar-refractivity contribution in [2.24, 2.45) is 4.99 Å². The van der Waals surface area contributed by atoms with E-state index in [0.29, 0.717) is 24.2 Å². The Labute approximate surface area is 121 Å². The van der Waals surface area contributed by atoms with Crippen molar-refractivity contribution in [3.63, 3.8) is 0 Å². The standard InChI is InChI=1S/C15H17F2NO3/c1-14(16,17)10-7-12(20-2)13(21-3)8-11(10)15(18-9-19)5-4-6-15/h7-8H,4-6H2,1-3H3. The van der Waals surface area contributed by atoms with E-state index in [1.54, 1.807) is 0 Å². The van der Waals surface area contributed by atoms with E-state index < -0.39 is 11.5 Å². The summed E-state index contributed by atoms with van der Waals surface area (Å²) in [6.45, 7) is 0.814. The fourth-order valence-corrected chi connectivity index (χ4v) is 2.67. The highest BCUT2D eigenvalue weighted by Gasteiger charge is 2.44. The van der Waals surface area contributed by atoms with Gasteiger partial charge in [0, 0.05) is 12.5 Å². The number of hydrogen-bond acceptors (Lipinski definition) is 4. The van der Waals surface area contributed by atoms with Crippen molar-refractivity contribution in [1.82, 2.24) is 0 Å². The van der Waals surface area contributed by atoms with Gasteiger partial charge in [0.15, 0.2) is 11.5 Å². The number of rotatable bonds is 5. The van der Waals surface area contributed by atoms with E-state index in [4.69, 9.17) is 9.47 Å². The second-order valence-corrected chi connectivity index (χ2v) is 5.23. The molecule has 1 aromatic rings. The molecule has 114 valence electrons. The molecule has 21 heavy (non-hydrogen) atoms. The van der Waals surface area contributed by atoms with Crippen molar-refractivity contribution >= 4 is 6.08 Å².